The number of ether oxygens (including phenoxy) is 1. The van der Waals surface area contributed by atoms with Crippen molar-refractivity contribution < 1.29 is 9.13 Å². The van der Waals surface area contributed by atoms with E-state index in [4.69, 9.17) is 10.5 Å². The van der Waals surface area contributed by atoms with Crippen LogP contribution in [-0.2, 0) is 0 Å². The summed E-state index contributed by atoms with van der Waals surface area (Å²) in [6, 6.07) is 5.10. The van der Waals surface area contributed by atoms with E-state index in [0.29, 0.717) is 17.9 Å². The van der Waals surface area contributed by atoms with Crippen LogP contribution in [0.2, 0.25) is 0 Å². The maximum atomic E-state index is 13.5. The summed E-state index contributed by atoms with van der Waals surface area (Å²) in [5.74, 6) is 0.00255. The molecular formula is C12H18FNO. The molecule has 0 bridgehead atoms. The minimum absolute atomic E-state index is 0.0186. The van der Waals surface area contributed by atoms with Gasteiger partial charge in [-0.2, -0.15) is 0 Å². The fraction of sp³-hybridized carbons (Fsp3) is 0.500. The Morgan fingerprint density at radius 1 is 1.47 bits per heavy atom. The predicted octanol–water partition coefficient (Wildman–Crippen LogP) is 2.64. The maximum Gasteiger partial charge on any atom is 0.167 e. The highest BCUT2D eigenvalue weighted by Gasteiger charge is 2.07. The van der Waals surface area contributed by atoms with Crippen LogP contribution in [0.5, 0.6) is 5.75 Å². The van der Waals surface area contributed by atoms with Gasteiger partial charge in [-0.15, -0.1) is 0 Å². The minimum atomic E-state index is -0.291. The second-order valence-corrected chi connectivity index (χ2v) is 3.75. The topological polar surface area (TPSA) is 35.2 Å². The van der Waals surface area contributed by atoms with E-state index >= 15 is 0 Å². The molecule has 1 aromatic rings. The van der Waals surface area contributed by atoms with E-state index in [1.54, 1.807) is 25.1 Å². The highest BCUT2D eigenvalue weighted by Crippen LogP contribution is 2.19. The van der Waals surface area contributed by atoms with Gasteiger partial charge in [0.2, 0.25) is 0 Å². The van der Waals surface area contributed by atoms with Crippen molar-refractivity contribution in [2.24, 2.45) is 5.73 Å². The molecule has 0 radical (unpaired) electrons. The summed E-state index contributed by atoms with van der Waals surface area (Å²) in [7, 11) is 0. The van der Waals surface area contributed by atoms with E-state index in [1.807, 2.05) is 0 Å². The van der Waals surface area contributed by atoms with Crippen LogP contribution in [0.3, 0.4) is 0 Å². The molecule has 2 N–H and O–H groups in total. The van der Waals surface area contributed by atoms with E-state index in [1.165, 1.54) is 0 Å². The summed E-state index contributed by atoms with van der Waals surface area (Å²) in [5, 5.41) is 0. The molecule has 1 atom stereocenters. The third-order valence-electron chi connectivity index (χ3n) is 2.27. The SMILES string of the molecule is CCCC(N)COc1cccc(C)c1F. The highest BCUT2D eigenvalue weighted by atomic mass is 19.1. The van der Waals surface area contributed by atoms with Crippen LogP contribution in [0.4, 0.5) is 4.39 Å². The van der Waals surface area contributed by atoms with E-state index < -0.39 is 0 Å². The number of nitrogens with two attached hydrogens (primary N) is 1. The van der Waals surface area contributed by atoms with Gasteiger partial charge in [-0.05, 0) is 25.0 Å². The van der Waals surface area contributed by atoms with Gasteiger partial charge in [0.05, 0.1) is 0 Å². The van der Waals surface area contributed by atoms with Crippen molar-refractivity contribution in [2.45, 2.75) is 32.7 Å². The molecule has 0 aromatic heterocycles. The summed E-state index contributed by atoms with van der Waals surface area (Å²) in [5.41, 5.74) is 6.37. The van der Waals surface area contributed by atoms with E-state index in [0.717, 1.165) is 12.8 Å². The Morgan fingerprint density at radius 2 is 2.20 bits per heavy atom. The second-order valence-electron chi connectivity index (χ2n) is 3.75. The smallest absolute Gasteiger partial charge is 0.167 e. The van der Waals surface area contributed by atoms with Gasteiger partial charge in [0, 0.05) is 6.04 Å². The lowest BCUT2D eigenvalue weighted by Gasteiger charge is -2.13. The molecule has 15 heavy (non-hydrogen) atoms. The number of halogens is 1. The van der Waals surface area contributed by atoms with Gasteiger partial charge in [0.25, 0.3) is 0 Å². The lowest BCUT2D eigenvalue weighted by Crippen LogP contribution is -2.27. The van der Waals surface area contributed by atoms with Crippen LogP contribution in [0, 0.1) is 12.7 Å². The average Bonchev–Trinajstić information content (AvgIpc) is 2.21. The van der Waals surface area contributed by atoms with Gasteiger partial charge in [-0.1, -0.05) is 25.5 Å². The Balaban J connectivity index is 2.54. The number of hydrogen-bond donors (Lipinski definition) is 1. The quantitative estimate of drug-likeness (QED) is 0.812. The fourth-order valence-electron chi connectivity index (χ4n) is 1.38. The van der Waals surface area contributed by atoms with Crippen LogP contribution in [0.15, 0.2) is 18.2 Å². The van der Waals surface area contributed by atoms with Gasteiger partial charge in [-0.25, -0.2) is 4.39 Å². The van der Waals surface area contributed by atoms with Crippen molar-refractivity contribution in [3.8, 4) is 5.75 Å². The Morgan fingerprint density at radius 3 is 2.87 bits per heavy atom. The summed E-state index contributed by atoms with van der Waals surface area (Å²) in [6.45, 7) is 4.15. The maximum absolute atomic E-state index is 13.5. The molecule has 0 amide bonds. The average molecular weight is 211 g/mol. The monoisotopic (exact) mass is 211 g/mol. The standard InChI is InChI=1S/C12H18FNO/c1-3-5-10(14)8-15-11-7-4-6-9(2)12(11)13/h4,6-7,10H,3,5,8,14H2,1-2H3. The molecule has 84 valence electrons. The van der Waals surface area contributed by atoms with Crippen LogP contribution in [-0.4, -0.2) is 12.6 Å². The third-order valence-corrected chi connectivity index (χ3v) is 2.27. The van der Waals surface area contributed by atoms with E-state index in [9.17, 15) is 4.39 Å². The molecule has 0 aliphatic heterocycles. The molecule has 1 unspecified atom stereocenters. The molecule has 0 aliphatic rings. The Hall–Kier alpha value is -1.09. The van der Waals surface area contributed by atoms with Gasteiger partial charge in [-0.3, -0.25) is 0 Å². The van der Waals surface area contributed by atoms with Crippen LogP contribution >= 0.6 is 0 Å². The predicted molar refractivity (Wildman–Crippen MR) is 59.5 cm³/mol. The number of aryl methyl sites for hydroxylation is 1. The number of benzene rings is 1. The normalized spacial score (nSPS) is 12.5. The van der Waals surface area contributed by atoms with Crippen LogP contribution in [0.25, 0.3) is 0 Å². The van der Waals surface area contributed by atoms with Crippen molar-refractivity contribution in [1.29, 1.82) is 0 Å². The number of rotatable bonds is 5. The first-order valence-corrected chi connectivity index (χ1v) is 5.28. The summed E-state index contributed by atoms with van der Waals surface area (Å²) >= 11 is 0. The Labute approximate surface area is 90.2 Å². The van der Waals surface area contributed by atoms with Crippen molar-refractivity contribution in [3.63, 3.8) is 0 Å². The van der Waals surface area contributed by atoms with Gasteiger partial charge >= 0.3 is 0 Å². The highest BCUT2D eigenvalue weighted by molar-refractivity contribution is 5.30. The first-order valence-electron chi connectivity index (χ1n) is 5.28. The van der Waals surface area contributed by atoms with Crippen molar-refractivity contribution in [1.82, 2.24) is 0 Å². The fourth-order valence-corrected chi connectivity index (χ4v) is 1.38. The van der Waals surface area contributed by atoms with Crippen molar-refractivity contribution in [2.75, 3.05) is 6.61 Å². The Kier molecular flexibility index (Phi) is 4.56. The van der Waals surface area contributed by atoms with E-state index in [2.05, 4.69) is 6.92 Å². The van der Waals surface area contributed by atoms with Crippen molar-refractivity contribution in [3.05, 3.63) is 29.6 Å². The molecule has 0 saturated carbocycles. The molecule has 0 fully saturated rings. The lowest BCUT2D eigenvalue weighted by molar-refractivity contribution is 0.269. The molecule has 1 aromatic carbocycles. The zero-order chi connectivity index (χ0) is 11.3. The molecule has 1 rings (SSSR count). The molecule has 2 nitrogen and oxygen atoms in total. The first-order chi connectivity index (χ1) is 7.15. The first kappa shape index (κ1) is 12.0. The molecule has 0 heterocycles. The van der Waals surface area contributed by atoms with Crippen molar-refractivity contribution >= 4 is 0 Å². The molecule has 0 spiro atoms. The zero-order valence-corrected chi connectivity index (χ0v) is 9.29. The molecule has 3 heteroatoms. The Bertz CT molecular complexity index is 314. The lowest BCUT2D eigenvalue weighted by atomic mass is 10.2. The number of hydrogen-bond acceptors (Lipinski definition) is 2. The summed E-state index contributed by atoms with van der Waals surface area (Å²) < 4.78 is 18.8. The van der Waals surface area contributed by atoms with Gasteiger partial charge < -0.3 is 10.5 Å². The minimum Gasteiger partial charge on any atom is -0.489 e. The third kappa shape index (κ3) is 3.51. The zero-order valence-electron chi connectivity index (χ0n) is 9.29. The van der Waals surface area contributed by atoms with E-state index in [-0.39, 0.29) is 11.9 Å². The van der Waals surface area contributed by atoms with Crippen LogP contribution < -0.4 is 10.5 Å². The summed E-state index contributed by atoms with van der Waals surface area (Å²) in [6.07, 6.45) is 1.91. The molecule has 0 saturated heterocycles. The van der Waals surface area contributed by atoms with Gasteiger partial charge in [0.1, 0.15) is 6.61 Å². The largest absolute Gasteiger partial charge is 0.489 e. The van der Waals surface area contributed by atoms with Crippen LogP contribution in [0.1, 0.15) is 25.3 Å². The summed E-state index contributed by atoms with van der Waals surface area (Å²) in [4.78, 5) is 0. The second kappa shape index (κ2) is 5.71. The molecular weight excluding hydrogens is 193 g/mol. The van der Waals surface area contributed by atoms with Gasteiger partial charge in [0.15, 0.2) is 11.6 Å². The molecule has 0 aliphatic carbocycles.